The maximum absolute atomic E-state index is 5.93. The average molecular weight is 179 g/mol. The summed E-state index contributed by atoms with van der Waals surface area (Å²) in [6, 6.07) is 0.308. The van der Waals surface area contributed by atoms with Crippen LogP contribution in [-0.2, 0) is 0 Å². The molecule has 74 valence electrons. The molecule has 0 fully saturated rings. The van der Waals surface area contributed by atoms with E-state index in [0.717, 1.165) is 12.8 Å². The molecule has 1 aliphatic carbocycles. The van der Waals surface area contributed by atoms with E-state index >= 15 is 0 Å². The van der Waals surface area contributed by atoms with Gasteiger partial charge in [0.2, 0.25) is 0 Å². The SMILES string of the molecule is C=C(C)CCC1=CC(N)CCCC1. The molecule has 1 atom stereocenters. The molecule has 2 N–H and O–H groups in total. The quantitative estimate of drug-likeness (QED) is 0.662. The van der Waals surface area contributed by atoms with E-state index in [1.807, 2.05) is 0 Å². The molecule has 0 aromatic carbocycles. The van der Waals surface area contributed by atoms with Crippen molar-refractivity contribution < 1.29 is 0 Å². The minimum atomic E-state index is 0.308. The van der Waals surface area contributed by atoms with Crippen molar-refractivity contribution in [3.63, 3.8) is 0 Å². The zero-order valence-corrected chi connectivity index (χ0v) is 8.68. The van der Waals surface area contributed by atoms with Gasteiger partial charge in [-0.05, 0) is 39.0 Å². The zero-order valence-electron chi connectivity index (χ0n) is 8.68. The second-order valence-corrected chi connectivity index (χ2v) is 4.19. The van der Waals surface area contributed by atoms with Crippen LogP contribution in [0.2, 0.25) is 0 Å². The average Bonchev–Trinajstić information content (AvgIpc) is 2.26. The standard InChI is InChI=1S/C12H21N/c1-10(2)7-8-11-5-3-4-6-12(13)9-11/h9,12H,1,3-8,13H2,2H3. The predicted octanol–water partition coefficient (Wildman–Crippen LogP) is 3.17. The Balaban J connectivity index is 2.41. The van der Waals surface area contributed by atoms with Crippen LogP contribution in [0.4, 0.5) is 0 Å². The highest BCUT2D eigenvalue weighted by Gasteiger charge is 2.07. The van der Waals surface area contributed by atoms with Gasteiger partial charge in [-0.15, -0.1) is 6.58 Å². The highest BCUT2D eigenvalue weighted by atomic mass is 14.6. The molecule has 1 rings (SSSR count). The number of allylic oxidation sites excluding steroid dienone is 2. The summed E-state index contributed by atoms with van der Waals surface area (Å²) in [5.41, 5.74) is 8.76. The summed E-state index contributed by atoms with van der Waals surface area (Å²) in [4.78, 5) is 0. The van der Waals surface area contributed by atoms with Gasteiger partial charge < -0.3 is 5.73 Å². The first-order valence-electron chi connectivity index (χ1n) is 5.28. The molecule has 0 spiro atoms. The molecular formula is C12H21N. The largest absolute Gasteiger partial charge is 0.324 e. The van der Waals surface area contributed by atoms with Crippen LogP contribution in [0.25, 0.3) is 0 Å². The van der Waals surface area contributed by atoms with Gasteiger partial charge >= 0.3 is 0 Å². The predicted molar refractivity (Wildman–Crippen MR) is 58.6 cm³/mol. The lowest BCUT2D eigenvalue weighted by Crippen LogP contribution is -2.15. The molecule has 0 aromatic heterocycles. The van der Waals surface area contributed by atoms with Crippen LogP contribution in [0, 0.1) is 0 Å². The second-order valence-electron chi connectivity index (χ2n) is 4.19. The molecule has 0 bridgehead atoms. The van der Waals surface area contributed by atoms with Crippen molar-refractivity contribution in [2.24, 2.45) is 5.73 Å². The number of rotatable bonds is 3. The Morgan fingerprint density at radius 2 is 2.38 bits per heavy atom. The van der Waals surface area contributed by atoms with Gasteiger partial charge in [0.15, 0.2) is 0 Å². The van der Waals surface area contributed by atoms with E-state index in [-0.39, 0.29) is 0 Å². The smallest absolute Gasteiger partial charge is 0.0226 e. The summed E-state index contributed by atoms with van der Waals surface area (Å²) >= 11 is 0. The Hall–Kier alpha value is -0.560. The Bertz CT molecular complexity index is 203. The first-order chi connectivity index (χ1) is 6.18. The van der Waals surface area contributed by atoms with E-state index < -0.39 is 0 Å². The van der Waals surface area contributed by atoms with Crippen LogP contribution in [0.3, 0.4) is 0 Å². The van der Waals surface area contributed by atoms with Crippen molar-refractivity contribution >= 4 is 0 Å². The van der Waals surface area contributed by atoms with Crippen LogP contribution in [0.5, 0.6) is 0 Å². The van der Waals surface area contributed by atoms with Gasteiger partial charge in [-0.25, -0.2) is 0 Å². The fourth-order valence-corrected chi connectivity index (χ4v) is 1.78. The van der Waals surface area contributed by atoms with E-state index in [9.17, 15) is 0 Å². The molecular weight excluding hydrogens is 158 g/mol. The summed E-state index contributed by atoms with van der Waals surface area (Å²) in [5, 5.41) is 0. The third-order valence-corrected chi connectivity index (χ3v) is 2.61. The van der Waals surface area contributed by atoms with Gasteiger partial charge in [-0.1, -0.05) is 23.6 Å². The van der Waals surface area contributed by atoms with Crippen molar-refractivity contribution in [3.05, 3.63) is 23.8 Å². The third kappa shape index (κ3) is 4.28. The Labute approximate surface area is 81.7 Å². The topological polar surface area (TPSA) is 26.0 Å². The van der Waals surface area contributed by atoms with E-state index in [1.165, 1.54) is 31.3 Å². The number of nitrogens with two attached hydrogens (primary N) is 1. The molecule has 1 heteroatoms. The van der Waals surface area contributed by atoms with Crippen LogP contribution in [0.15, 0.2) is 23.8 Å². The molecule has 0 heterocycles. The molecule has 1 aliphatic rings. The van der Waals surface area contributed by atoms with Crippen LogP contribution >= 0.6 is 0 Å². The van der Waals surface area contributed by atoms with Crippen LogP contribution < -0.4 is 5.73 Å². The van der Waals surface area contributed by atoms with Gasteiger partial charge in [0.05, 0.1) is 0 Å². The number of hydrogen-bond acceptors (Lipinski definition) is 1. The second kappa shape index (κ2) is 5.23. The van der Waals surface area contributed by atoms with Gasteiger partial charge in [-0.3, -0.25) is 0 Å². The van der Waals surface area contributed by atoms with Crippen molar-refractivity contribution in [1.29, 1.82) is 0 Å². The van der Waals surface area contributed by atoms with E-state index in [1.54, 1.807) is 5.57 Å². The zero-order chi connectivity index (χ0) is 9.68. The molecule has 13 heavy (non-hydrogen) atoms. The molecule has 1 unspecified atom stereocenters. The lowest BCUT2D eigenvalue weighted by Gasteiger charge is -2.06. The molecule has 0 radical (unpaired) electrons. The minimum absolute atomic E-state index is 0.308. The highest BCUT2D eigenvalue weighted by molar-refractivity contribution is 5.10. The highest BCUT2D eigenvalue weighted by Crippen LogP contribution is 2.21. The summed E-state index contributed by atoms with van der Waals surface area (Å²) in [7, 11) is 0. The maximum atomic E-state index is 5.93. The van der Waals surface area contributed by atoms with E-state index in [2.05, 4.69) is 19.6 Å². The monoisotopic (exact) mass is 179 g/mol. The Morgan fingerprint density at radius 1 is 1.62 bits per heavy atom. The van der Waals surface area contributed by atoms with E-state index in [0.29, 0.717) is 6.04 Å². The molecule has 0 saturated carbocycles. The molecule has 0 aromatic rings. The minimum Gasteiger partial charge on any atom is -0.324 e. The first kappa shape index (κ1) is 10.5. The van der Waals surface area contributed by atoms with Crippen LogP contribution in [-0.4, -0.2) is 6.04 Å². The van der Waals surface area contributed by atoms with Gasteiger partial charge in [-0.2, -0.15) is 0 Å². The summed E-state index contributed by atoms with van der Waals surface area (Å²) in [6.45, 7) is 6.02. The Morgan fingerprint density at radius 3 is 3.08 bits per heavy atom. The van der Waals surface area contributed by atoms with Gasteiger partial charge in [0.1, 0.15) is 0 Å². The lowest BCUT2D eigenvalue weighted by atomic mass is 10.0. The first-order valence-corrected chi connectivity index (χ1v) is 5.28. The van der Waals surface area contributed by atoms with Crippen molar-refractivity contribution in [1.82, 2.24) is 0 Å². The van der Waals surface area contributed by atoms with E-state index in [4.69, 9.17) is 5.73 Å². The van der Waals surface area contributed by atoms with Gasteiger partial charge in [0.25, 0.3) is 0 Å². The molecule has 0 aliphatic heterocycles. The third-order valence-electron chi connectivity index (χ3n) is 2.61. The van der Waals surface area contributed by atoms with Crippen molar-refractivity contribution in [2.75, 3.05) is 0 Å². The lowest BCUT2D eigenvalue weighted by molar-refractivity contribution is 0.653. The molecule has 0 amide bonds. The van der Waals surface area contributed by atoms with Gasteiger partial charge in [0, 0.05) is 6.04 Å². The van der Waals surface area contributed by atoms with Crippen molar-refractivity contribution in [2.45, 2.75) is 51.5 Å². The molecule has 0 saturated heterocycles. The molecule has 1 nitrogen and oxygen atoms in total. The fourth-order valence-electron chi connectivity index (χ4n) is 1.78. The van der Waals surface area contributed by atoms with Crippen molar-refractivity contribution in [3.8, 4) is 0 Å². The summed E-state index contributed by atoms with van der Waals surface area (Å²) < 4.78 is 0. The maximum Gasteiger partial charge on any atom is 0.0226 e. The number of hydrogen-bond donors (Lipinski definition) is 1. The Kier molecular flexibility index (Phi) is 4.23. The van der Waals surface area contributed by atoms with Crippen LogP contribution in [0.1, 0.15) is 45.4 Å². The summed E-state index contributed by atoms with van der Waals surface area (Å²) in [6.07, 6.45) is 9.58. The fraction of sp³-hybridized carbons (Fsp3) is 0.667. The summed E-state index contributed by atoms with van der Waals surface area (Å²) in [5.74, 6) is 0. The normalized spacial score (nSPS) is 23.5.